The SMILES string of the molecule is Cl.Cl.O=C(N[C@@H]1CC[C@@]2(O)[C@H]3Cc4ccc(O)c5c4[C@@]2(CCN3CC2CC2)[C@H]1O5)c1ccncc1. The molecule has 2 aromatic rings. The van der Waals surface area contributed by atoms with Gasteiger partial charge in [-0.05, 0) is 74.8 Å². The molecule has 0 unspecified atom stereocenters. The van der Waals surface area contributed by atoms with Crippen molar-refractivity contribution in [1.29, 1.82) is 0 Å². The molecule has 3 heterocycles. The smallest absolute Gasteiger partial charge is 0.251 e. The fourth-order valence-corrected chi connectivity index (χ4v) is 7.38. The van der Waals surface area contributed by atoms with Gasteiger partial charge >= 0.3 is 0 Å². The molecule has 7 rings (SSSR count). The Balaban J connectivity index is 0.00000127. The van der Waals surface area contributed by atoms with Crippen LogP contribution in [0, 0.1) is 5.92 Å². The minimum absolute atomic E-state index is 0. The number of carbonyl (C=O) groups is 1. The van der Waals surface area contributed by atoms with Crippen molar-refractivity contribution in [1.82, 2.24) is 15.2 Å². The van der Waals surface area contributed by atoms with Crippen LogP contribution in [0.15, 0.2) is 36.7 Å². The molecule has 2 aliphatic heterocycles. The van der Waals surface area contributed by atoms with Gasteiger partial charge in [-0.1, -0.05) is 6.07 Å². The predicted molar refractivity (Wildman–Crippen MR) is 135 cm³/mol. The number of nitrogens with zero attached hydrogens (tertiary/aromatic N) is 2. The monoisotopic (exact) mass is 519 g/mol. The molecule has 188 valence electrons. The molecule has 2 bridgehead atoms. The van der Waals surface area contributed by atoms with Gasteiger partial charge in [0.05, 0.1) is 17.1 Å². The molecule has 9 heteroatoms. The molecule has 1 amide bonds. The molecular weight excluding hydrogens is 489 g/mol. The number of pyridine rings is 1. The standard InChI is InChI=1S/C26H29N3O4.2ClH/c30-19-4-3-17-13-20-26(32)8-5-18(28-24(31)16-6-10-27-11-7-16)23-25(26,21(17)22(19)33-23)9-12-29(20)14-15-1-2-15;;/h3-4,6-7,10-11,15,18,20,23,30,32H,1-2,5,8-9,12-14H2,(H,28,31);2*1H/t18-,20-,23+,25+,26-;;/m1../s1. The third kappa shape index (κ3) is 3.31. The molecule has 1 saturated heterocycles. The van der Waals surface area contributed by atoms with E-state index in [-0.39, 0.29) is 48.6 Å². The Morgan fingerprint density at radius 2 is 1.91 bits per heavy atom. The van der Waals surface area contributed by atoms with E-state index in [0.717, 1.165) is 37.4 Å². The molecule has 35 heavy (non-hydrogen) atoms. The maximum Gasteiger partial charge on any atom is 0.251 e. The van der Waals surface area contributed by atoms with Crippen molar-refractivity contribution in [2.75, 3.05) is 13.1 Å². The summed E-state index contributed by atoms with van der Waals surface area (Å²) in [7, 11) is 0. The molecule has 3 fully saturated rings. The van der Waals surface area contributed by atoms with E-state index in [2.05, 4.69) is 15.2 Å². The van der Waals surface area contributed by atoms with Gasteiger partial charge in [0.2, 0.25) is 0 Å². The molecule has 7 nitrogen and oxygen atoms in total. The number of phenolic OH excluding ortho intramolecular Hbond substituents is 1. The van der Waals surface area contributed by atoms with Gasteiger partial charge in [0.1, 0.15) is 6.10 Å². The Labute approximate surface area is 217 Å². The highest BCUT2D eigenvalue weighted by Gasteiger charge is 2.73. The van der Waals surface area contributed by atoms with Crippen LogP contribution in [0.4, 0.5) is 0 Å². The van der Waals surface area contributed by atoms with Crippen LogP contribution in [0.1, 0.15) is 53.6 Å². The number of aromatic nitrogens is 1. The maximum atomic E-state index is 13.0. The number of aromatic hydroxyl groups is 1. The zero-order valence-corrected chi connectivity index (χ0v) is 21.0. The summed E-state index contributed by atoms with van der Waals surface area (Å²) in [5.41, 5.74) is 1.16. The lowest BCUT2D eigenvalue weighted by molar-refractivity contribution is -0.191. The van der Waals surface area contributed by atoms with E-state index in [1.165, 1.54) is 18.4 Å². The molecule has 5 atom stereocenters. The number of carbonyl (C=O) groups excluding carboxylic acids is 1. The van der Waals surface area contributed by atoms with Crippen molar-refractivity contribution in [3.63, 3.8) is 0 Å². The maximum absolute atomic E-state index is 13.0. The molecule has 3 N–H and O–H groups in total. The predicted octanol–water partition coefficient (Wildman–Crippen LogP) is 2.99. The van der Waals surface area contributed by atoms with Crippen molar-refractivity contribution < 1.29 is 19.7 Å². The highest BCUT2D eigenvalue weighted by Crippen LogP contribution is 2.65. The third-order valence-corrected chi connectivity index (χ3v) is 9.02. The normalized spacial score (nSPS) is 34.0. The number of aliphatic hydroxyl groups is 1. The van der Waals surface area contributed by atoms with E-state index < -0.39 is 17.1 Å². The highest BCUT2D eigenvalue weighted by molar-refractivity contribution is 5.94. The average molecular weight is 520 g/mol. The summed E-state index contributed by atoms with van der Waals surface area (Å²) in [5, 5.41) is 26.4. The number of halogens is 2. The number of benzene rings is 1. The Kier molecular flexibility index (Phi) is 5.99. The Bertz CT molecular complexity index is 1150. The minimum atomic E-state index is -0.936. The summed E-state index contributed by atoms with van der Waals surface area (Å²) in [4.78, 5) is 19.5. The zero-order chi connectivity index (χ0) is 22.4. The van der Waals surface area contributed by atoms with Crippen LogP contribution in [-0.4, -0.2) is 62.9 Å². The summed E-state index contributed by atoms with van der Waals surface area (Å²) in [6, 6.07) is 6.92. The van der Waals surface area contributed by atoms with Crippen LogP contribution in [0.5, 0.6) is 11.5 Å². The number of amides is 1. The minimum Gasteiger partial charge on any atom is -0.504 e. The van der Waals surface area contributed by atoms with Crippen molar-refractivity contribution in [2.24, 2.45) is 5.92 Å². The molecule has 1 aromatic heterocycles. The number of likely N-dealkylation sites (tertiary alicyclic amines) is 1. The van der Waals surface area contributed by atoms with Crippen LogP contribution in [-0.2, 0) is 11.8 Å². The summed E-state index contributed by atoms with van der Waals surface area (Å²) in [6.45, 7) is 1.96. The van der Waals surface area contributed by atoms with Crippen molar-refractivity contribution in [3.8, 4) is 11.5 Å². The van der Waals surface area contributed by atoms with Crippen molar-refractivity contribution >= 4 is 30.7 Å². The van der Waals surface area contributed by atoms with Crippen molar-refractivity contribution in [2.45, 2.75) is 67.7 Å². The lowest BCUT2D eigenvalue weighted by atomic mass is 9.48. The molecule has 1 spiro atoms. The number of hydrogen-bond donors (Lipinski definition) is 3. The molecule has 3 aliphatic carbocycles. The quantitative estimate of drug-likeness (QED) is 0.574. The number of piperidine rings is 1. The fourth-order valence-electron chi connectivity index (χ4n) is 7.38. The molecule has 2 saturated carbocycles. The third-order valence-electron chi connectivity index (χ3n) is 9.02. The number of hydrogen-bond acceptors (Lipinski definition) is 6. The zero-order valence-electron chi connectivity index (χ0n) is 19.4. The Morgan fingerprint density at radius 3 is 2.66 bits per heavy atom. The number of nitrogens with one attached hydrogen (secondary N) is 1. The second kappa shape index (κ2) is 8.51. The summed E-state index contributed by atoms with van der Waals surface area (Å²) in [6.07, 6.45) is 8.18. The molecule has 5 aliphatic rings. The summed E-state index contributed by atoms with van der Waals surface area (Å²) >= 11 is 0. The van der Waals surface area contributed by atoms with Gasteiger partial charge in [-0.3, -0.25) is 14.7 Å². The second-order valence-corrected chi connectivity index (χ2v) is 10.6. The largest absolute Gasteiger partial charge is 0.504 e. The van der Waals surface area contributed by atoms with Crippen LogP contribution in [0.2, 0.25) is 0 Å². The van der Waals surface area contributed by atoms with E-state index in [0.29, 0.717) is 24.2 Å². The van der Waals surface area contributed by atoms with E-state index in [9.17, 15) is 15.0 Å². The summed E-state index contributed by atoms with van der Waals surface area (Å²) < 4.78 is 6.50. The average Bonchev–Trinajstić information content (AvgIpc) is 3.56. The first-order valence-electron chi connectivity index (χ1n) is 12.2. The van der Waals surface area contributed by atoms with Gasteiger partial charge in [-0.2, -0.15) is 0 Å². The van der Waals surface area contributed by atoms with Gasteiger partial charge in [0.25, 0.3) is 5.91 Å². The lowest BCUT2D eigenvalue weighted by Gasteiger charge is -2.64. The lowest BCUT2D eigenvalue weighted by Crippen LogP contribution is -2.78. The van der Waals surface area contributed by atoms with Gasteiger partial charge in [0.15, 0.2) is 11.5 Å². The Morgan fingerprint density at radius 1 is 1.14 bits per heavy atom. The molecule has 1 aromatic carbocycles. The first kappa shape index (κ1) is 24.6. The van der Waals surface area contributed by atoms with Crippen LogP contribution < -0.4 is 10.1 Å². The van der Waals surface area contributed by atoms with E-state index in [4.69, 9.17) is 4.74 Å². The van der Waals surface area contributed by atoms with Crippen LogP contribution >= 0.6 is 24.8 Å². The topological polar surface area (TPSA) is 94.9 Å². The summed E-state index contributed by atoms with van der Waals surface area (Å²) in [5.74, 6) is 1.23. The number of ether oxygens (including phenoxy) is 1. The van der Waals surface area contributed by atoms with Gasteiger partial charge in [0, 0.05) is 36.1 Å². The van der Waals surface area contributed by atoms with Crippen LogP contribution in [0.25, 0.3) is 0 Å². The van der Waals surface area contributed by atoms with Crippen molar-refractivity contribution in [3.05, 3.63) is 53.3 Å². The molecule has 0 radical (unpaired) electrons. The van der Waals surface area contributed by atoms with Gasteiger partial charge < -0.3 is 20.3 Å². The van der Waals surface area contributed by atoms with E-state index in [1.54, 1.807) is 30.6 Å². The van der Waals surface area contributed by atoms with Crippen LogP contribution in [0.3, 0.4) is 0 Å². The fraction of sp³-hybridized carbons (Fsp3) is 0.538. The molecular formula is C26H31Cl2N3O4. The van der Waals surface area contributed by atoms with E-state index in [1.807, 2.05) is 6.07 Å². The highest BCUT2D eigenvalue weighted by atomic mass is 35.5. The van der Waals surface area contributed by atoms with E-state index >= 15 is 0 Å². The van der Waals surface area contributed by atoms with Gasteiger partial charge in [-0.15, -0.1) is 24.8 Å². The number of rotatable bonds is 4. The number of phenols is 1. The van der Waals surface area contributed by atoms with Gasteiger partial charge in [-0.25, -0.2) is 0 Å². The second-order valence-electron chi connectivity index (χ2n) is 10.6. The Hall–Kier alpha value is -2.06. The first-order valence-corrected chi connectivity index (χ1v) is 12.2. The first-order chi connectivity index (χ1) is 16.0.